The highest BCUT2D eigenvalue weighted by molar-refractivity contribution is 8.01. The molecule has 0 saturated carbocycles. The van der Waals surface area contributed by atoms with E-state index in [-0.39, 0.29) is 33.7 Å². The van der Waals surface area contributed by atoms with Crippen molar-refractivity contribution in [2.75, 3.05) is 5.73 Å². The fraction of sp³-hybridized carbons (Fsp3) is 0.226. The highest BCUT2D eigenvalue weighted by Gasteiger charge is 2.64. The number of β-lactam (4-membered cyclic amide) rings is 1. The zero-order valence-corrected chi connectivity index (χ0v) is 25.5. The maximum absolute atomic E-state index is 13.7. The van der Waals surface area contributed by atoms with E-state index in [1.807, 2.05) is 0 Å². The molecule has 6 N–H and O–H groups in total. The smallest absolute Gasteiger partial charge is 0.427 e. The topological polar surface area (TPSA) is 223 Å². The standard InChI is InChI=1S/C31H27N5O10S/c1-31(2)23(29(41)42)36-27(40)21(28(36)47-31)34-25(38)20(14-7-4-3-5-8-14)33-24(37)15-11-16(32)13-17(12-15)35-26(39)18-9-6-10-19(46-44)22(18)45-30(35)43/h3-13,20-21,23,28,44H,32H2,1-2H3,(H,33,37)(H,34,38)(H,41,42). The number of carbonyl (C=O) groups excluding carboxylic acids is 3. The van der Waals surface area contributed by atoms with Crippen molar-refractivity contribution in [3.8, 4) is 11.4 Å². The van der Waals surface area contributed by atoms with Crippen molar-refractivity contribution < 1.29 is 38.8 Å². The lowest BCUT2D eigenvalue weighted by molar-refractivity contribution is -0.161. The molecule has 2 aliphatic rings. The zero-order chi connectivity index (χ0) is 33.8. The minimum absolute atomic E-state index is 0.00113. The monoisotopic (exact) mass is 661 g/mol. The van der Waals surface area contributed by atoms with Crippen LogP contribution in [0, 0.1) is 0 Å². The highest BCUT2D eigenvalue weighted by Crippen LogP contribution is 2.50. The molecule has 2 saturated heterocycles. The van der Waals surface area contributed by atoms with Crippen LogP contribution in [0.2, 0.25) is 0 Å². The Kier molecular flexibility index (Phi) is 7.77. The summed E-state index contributed by atoms with van der Waals surface area (Å²) in [4.78, 5) is 83.9. The summed E-state index contributed by atoms with van der Waals surface area (Å²) in [6.07, 6.45) is 0. The van der Waals surface area contributed by atoms with Crippen molar-refractivity contribution in [1.82, 2.24) is 20.1 Å². The summed E-state index contributed by atoms with van der Waals surface area (Å²) in [6, 6.07) is 12.6. The molecule has 15 nitrogen and oxygen atoms in total. The maximum atomic E-state index is 13.7. The van der Waals surface area contributed by atoms with E-state index in [2.05, 4.69) is 15.5 Å². The Hall–Kier alpha value is -5.61. The Morgan fingerprint density at radius 1 is 1.04 bits per heavy atom. The van der Waals surface area contributed by atoms with E-state index >= 15 is 0 Å². The number of nitrogen functional groups attached to an aromatic ring is 1. The van der Waals surface area contributed by atoms with E-state index in [4.69, 9.17) is 15.4 Å². The predicted molar refractivity (Wildman–Crippen MR) is 168 cm³/mol. The summed E-state index contributed by atoms with van der Waals surface area (Å²) < 4.78 is 5.08. The SMILES string of the molecule is CC1(C)SC2C(NC(=O)C(NC(=O)c3cc(N)cc(-n4c(=O)oc5c(OO)cccc5c4=O)c3)c3ccccc3)C(=O)N2C1C(=O)O. The molecule has 4 atom stereocenters. The number of thioether (sulfide) groups is 1. The number of carbonyl (C=O) groups is 4. The molecule has 3 aromatic carbocycles. The lowest BCUT2D eigenvalue weighted by Crippen LogP contribution is -2.71. The van der Waals surface area contributed by atoms with Crippen LogP contribution >= 0.6 is 11.8 Å². The zero-order valence-electron chi connectivity index (χ0n) is 24.7. The summed E-state index contributed by atoms with van der Waals surface area (Å²) in [5.41, 5.74) is 5.08. The van der Waals surface area contributed by atoms with Crippen LogP contribution in [0.15, 0.2) is 80.7 Å². The van der Waals surface area contributed by atoms with E-state index in [1.54, 1.807) is 44.2 Å². The van der Waals surface area contributed by atoms with Gasteiger partial charge in [0.1, 0.15) is 23.5 Å². The number of fused-ring (bicyclic) bond motifs is 2. The Morgan fingerprint density at radius 2 is 1.77 bits per heavy atom. The van der Waals surface area contributed by atoms with Crippen LogP contribution in [0.3, 0.4) is 0 Å². The number of hydrogen-bond donors (Lipinski definition) is 5. The number of nitrogens with one attached hydrogen (secondary N) is 2. The molecule has 3 amide bonds. The summed E-state index contributed by atoms with van der Waals surface area (Å²) in [5.74, 6) is -4.63. The Bertz CT molecular complexity index is 2080. The number of anilines is 1. The van der Waals surface area contributed by atoms with E-state index in [0.29, 0.717) is 10.1 Å². The van der Waals surface area contributed by atoms with Gasteiger partial charge >= 0.3 is 11.7 Å². The second-order valence-corrected chi connectivity index (χ2v) is 13.2. The third-order valence-corrected chi connectivity index (χ3v) is 9.56. The number of nitrogens with zero attached hydrogens (tertiary/aromatic N) is 2. The van der Waals surface area contributed by atoms with Crippen molar-refractivity contribution in [1.29, 1.82) is 0 Å². The number of carboxylic acid groups (broad SMARTS) is 1. The molecule has 4 unspecified atom stereocenters. The number of rotatable bonds is 8. The van der Waals surface area contributed by atoms with Gasteiger partial charge in [0.2, 0.25) is 17.6 Å². The maximum Gasteiger partial charge on any atom is 0.427 e. The number of amides is 3. The van der Waals surface area contributed by atoms with Gasteiger partial charge in [-0.25, -0.2) is 19.4 Å². The van der Waals surface area contributed by atoms with Gasteiger partial charge in [0.25, 0.3) is 11.5 Å². The molecule has 6 rings (SSSR count). The highest BCUT2D eigenvalue weighted by atomic mass is 32.2. The van der Waals surface area contributed by atoms with Crippen LogP contribution in [0.5, 0.6) is 5.75 Å². The van der Waals surface area contributed by atoms with Gasteiger partial charge in [-0.1, -0.05) is 36.4 Å². The largest absolute Gasteiger partial charge is 0.480 e. The van der Waals surface area contributed by atoms with Gasteiger partial charge in [0.15, 0.2) is 5.58 Å². The van der Waals surface area contributed by atoms with Gasteiger partial charge in [-0.3, -0.25) is 19.2 Å². The number of aliphatic carboxylic acids is 1. The van der Waals surface area contributed by atoms with Gasteiger partial charge in [-0.15, -0.1) is 11.8 Å². The van der Waals surface area contributed by atoms with Gasteiger partial charge in [-0.05, 0) is 49.7 Å². The lowest BCUT2D eigenvalue weighted by Gasteiger charge is -2.44. The third-order valence-electron chi connectivity index (χ3n) is 7.99. The number of hydrogen-bond acceptors (Lipinski definition) is 11. The van der Waals surface area contributed by atoms with Crippen LogP contribution in [0.25, 0.3) is 16.7 Å². The number of aromatic nitrogens is 1. The second-order valence-electron chi connectivity index (χ2n) is 11.4. The first-order chi connectivity index (χ1) is 22.3. The number of nitrogens with two attached hydrogens (primary N) is 1. The minimum Gasteiger partial charge on any atom is -0.480 e. The van der Waals surface area contributed by atoms with Crippen molar-refractivity contribution in [3.63, 3.8) is 0 Å². The summed E-state index contributed by atoms with van der Waals surface area (Å²) in [5, 5.41) is 23.4. The van der Waals surface area contributed by atoms with Gasteiger partial charge in [0, 0.05) is 16.0 Å². The van der Waals surface area contributed by atoms with Crippen LogP contribution in [-0.4, -0.2) is 65.7 Å². The van der Waals surface area contributed by atoms with Crippen molar-refractivity contribution in [2.45, 2.75) is 42.1 Å². The Labute approximate surface area is 268 Å². The van der Waals surface area contributed by atoms with Crippen molar-refractivity contribution in [2.24, 2.45) is 0 Å². The molecule has 0 aliphatic carbocycles. The molecule has 16 heteroatoms. The summed E-state index contributed by atoms with van der Waals surface area (Å²) in [7, 11) is 0. The number of benzene rings is 3. The minimum atomic E-state index is -1.31. The predicted octanol–water partition coefficient (Wildman–Crippen LogP) is 1.48. The van der Waals surface area contributed by atoms with Crippen LogP contribution in [-0.2, 0) is 14.4 Å². The van der Waals surface area contributed by atoms with Crippen LogP contribution < -0.4 is 32.6 Å². The van der Waals surface area contributed by atoms with E-state index in [0.717, 1.165) is 0 Å². The first-order valence-corrected chi connectivity index (χ1v) is 15.0. The molecule has 0 spiro atoms. The van der Waals surface area contributed by atoms with Gasteiger partial charge in [0.05, 0.1) is 11.1 Å². The molecule has 0 bridgehead atoms. The third kappa shape index (κ3) is 5.36. The molecule has 3 heterocycles. The molecule has 2 fully saturated rings. The van der Waals surface area contributed by atoms with Crippen molar-refractivity contribution >= 4 is 52.1 Å². The fourth-order valence-electron chi connectivity index (χ4n) is 5.86. The molecule has 2 aliphatic heterocycles. The fourth-order valence-corrected chi connectivity index (χ4v) is 7.48. The normalized spacial score (nSPS) is 20.2. The van der Waals surface area contributed by atoms with E-state index in [1.165, 1.54) is 53.1 Å². The average Bonchev–Trinajstić information content (AvgIpc) is 3.29. The second kappa shape index (κ2) is 11.6. The molecule has 0 radical (unpaired) electrons. The number of para-hydroxylation sites is 1. The first-order valence-electron chi connectivity index (χ1n) is 14.1. The molecule has 4 aromatic rings. The Morgan fingerprint density at radius 3 is 2.45 bits per heavy atom. The Balaban J connectivity index is 1.30. The van der Waals surface area contributed by atoms with Crippen LogP contribution in [0.4, 0.5) is 5.69 Å². The summed E-state index contributed by atoms with van der Waals surface area (Å²) >= 11 is 1.26. The number of carboxylic acids is 1. The first kappa shape index (κ1) is 31.4. The molecule has 242 valence electrons. The molecular formula is C31H27N5O10S. The molecule has 47 heavy (non-hydrogen) atoms. The quantitative estimate of drug-likeness (QED) is 0.0784. The molecular weight excluding hydrogens is 634 g/mol. The lowest BCUT2D eigenvalue weighted by atomic mass is 9.95. The van der Waals surface area contributed by atoms with Gasteiger partial charge < -0.3 is 35.7 Å². The van der Waals surface area contributed by atoms with E-state index < -0.39 is 63.3 Å². The molecule has 1 aromatic heterocycles. The summed E-state index contributed by atoms with van der Waals surface area (Å²) in [6.45, 7) is 3.43. The van der Waals surface area contributed by atoms with Gasteiger partial charge in [-0.2, -0.15) is 0 Å². The van der Waals surface area contributed by atoms with Crippen molar-refractivity contribution in [3.05, 3.63) is 98.8 Å². The van der Waals surface area contributed by atoms with E-state index in [9.17, 15) is 33.9 Å². The van der Waals surface area contributed by atoms with Crippen LogP contribution in [0.1, 0.15) is 35.8 Å². The average molecular weight is 662 g/mol.